The standard InChI is InChI=1S/C10H14F3N2O12P3S2/c11-3-10(16)6(13)5(25-8(10)15-1-4(12)7(31)14-9(15)32)2-24-29(20,21)27-30(22,23)26-28(17,18)19/h1,5-6,8,16H,2-3H2,(H,20,21)(H,22,23)(H,14,31,32)(H2,17,18,19)/t5-,6?,8-,10-/m1/s1. The van der Waals surface area contributed by atoms with Crippen LogP contribution in [0.25, 0.3) is 0 Å². The van der Waals surface area contributed by atoms with Crippen molar-refractivity contribution >= 4 is 47.9 Å². The van der Waals surface area contributed by atoms with Crippen LogP contribution in [0.15, 0.2) is 6.20 Å². The topological polar surface area (TPSA) is 210 Å². The molecule has 6 N–H and O–H groups in total. The fraction of sp³-hybridized carbons (Fsp3) is 0.600. The van der Waals surface area contributed by atoms with Crippen LogP contribution < -0.4 is 0 Å². The minimum atomic E-state index is -5.84. The molecule has 22 heteroatoms. The molecule has 6 atom stereocenters. The van der Waals surface area contributed by atoms with Gasteiger partial charge in [-0.3, -0.25) is 9.09 Å². The van der Waals surface area contributed by atoms with Crippen molar-refractivity contribution in [2.45, 2.75) is 24.1 Å². The molecule has 0 spiro atoms. The van der Waals surface area contributed by atoms with E-state index in [2.05, 4.69) is 30.3 Å². The van der Waals surface area contributed by atoms with Crippen LogP contribution in [0.3, 0.4) is 0 Å². The van der Waals surface area contributed by atoms with Gasteiger partial charge in [0.15, 0.2) is 28.6 Å². The lowest BCUT2D eigenvalue weighted by atomic mass is 9.97. The number of nitrogens with zero attached hydrogens (tertiary/aromatic N) is 1. The molecule has 3 unspecified atom stereocenters. The first-order chi connectivity index (χ1) is 14.4. The third kappa shape index (κ3) is 6.61. The summed E-state index contributed by atoms with van der Waals surface area (Å²) in [6.07, 6.45) is -6.16. The van der Waals surface area contributed by atoms with Gasteiger partial charge < -0.3 is 34.4 Å². The van der Waals surface area contributed by atoms with E-state index in [4.69, 9.17) is 31.6 Å². The highest BCUT2D eigenvalue weighted by Crippen LogP contribution is 2.66. The van der Waals surface area contributed by atoms with Gasteiger partial charge >= 0.3 is 23.5 Å². The molecule has 2 heterocycles. The summed E-state index contributed by atoms with van der Waals surface area (Å²) in [6.45, 7) is -3.13. The number of hydrogen-bond acceptors (Lipinski definition) is 10. The Morgan fingerprint density at radius 2 is 1.78 bits per heavy atom. The van der Waals surface area contributed by atoms with Gasteiger partial charge in [-0.25, -0.2) is 26.9 Å². The Morgan fingerprint density at radius 3 is 2.31 bits per heavy atom. The zero-order valence-corrected chi connectivity index (χ0v) is 19.4. The molecule has 1 fully saturated rings. The summed E-state index contributed by atoms with van der Waals surface area (Å²) < 4.78 is 91.6. The number of aromatic nitrogens is 2. The molecule has 14 nitrogen and oxygen atoms in total. The maximum atomic E-state index is 14.7. The minimum Gasteiger partial charge on any atom is -0.379 e. The molecule has 1 aliphatic rings. The monoisotopic (exact) mass is 568 g/mol. The van der Waals surface area contributed by atoms with Gasteiger partial charge in [0.25, 0.3) is 0 Å². The summed E-state index contributed by atoms with van der Waals surface area (Å²) in [5, 5.41) is 10.4. The van der Waals surface area contributed by atoms with Crippen LogP contribution >= 0.6 is 47.9 Å². The number of phosphoric acid groups is 3. The Labute approximate surface area is 186 Å². The maximum absolute atomic E-state index is 14.7. The highest BCUT2D eigenvalue weighted by Gasteiger charge is 2.58. The number of nitrogens with one attached hydrogen (secondary N) is 1. The molecule has 0 radical (unpaired) electrons. The summed E-state index contributed by atoms with van der Waals surface area (Å²) >= 11 is 9.46. The van der Waals surface area contributed by atoms with E-state index >= 15 is 0 Å². The number of aliphatic hydroxyl groups is 1. The minimum absolute atomic E-state index is 0.408. The predicted octanol–water partition coefficient (Wildman–Crippen LogP) is 1.69. The number of alkyl halides is 2. The van der Waals surface area contributed by atoms with E-state index < -0.39 is 76.1 Å². The van der Waals surface area contributed by atoms with Crippen LogP contribution in [0.1, 0.15) is 6.23 Å². The van der Waals surface area contributed by atoms with E-state index in [1.807, 2.05) is 0 Å². The van der Waals surface area contributed by atoms with Crippen molar-refractivity contribution in [2.24, 2.45) is 0 Å². The van der Waals surface area contributed by atoms with E-state index in [1.165, 1.54) is 0 Å². The summed E-state index contributed by atoms with van der Waals surface area (Å²) in [7, 11) is -17.1. The fourth-order valence-corrected chi connectivity index (χ4v) is 5.98. The average molecular weight is 568 g/mol. The number of ether oxygens (including phenoxy) is 1. The third-order valence-electron chi connectivity index (χ3n) is 3.74. The van der Waals surface area contributed by atoms with Crippen LogP contribution in [0.5, 0.6) is 0 Å². The van der Waals surface area contributed by atoms with Crippen LogP contribution in [0.2, 0.25) is 0 Å². The van der Waals surface area contributed by atoms with E-state index in [0.717, 1.165) is 0 Å². The van der Waals surface area contributed by atoms with Crippen molar-refractivity contribution in [1.82, 2.24) is 9.55 Å². The van der Waals surface area contributed by atoms with Gasteiger partial charge in [-0.15, -0.1) is 0 Å². The molecule has 0 bridgehead atoms. The quantitative estimate of drug-likeness (QED) is 0.185. The van der Waals surface area contributed by atoms with Crippen LogP contribution in [-0.2, 0) is 31.6 Å². The second kappa shape index (κ2) is 9.71. The predicted molar refractivity (Wildman–Crippen MR) is 100.0 cm³/mol. The lowest BCUT2D eigenvalue weighted by Crippen LogP contribution is -2.47. The fourth-order valence-electron chi connectivity index (χ4n) is 2.49. The van der Waals surface area contributed by atoms with Gasteiger partial charge in [-0.05, 0) is 12.2 Å². The Balaban J connectivity index is 2.22. The van der Waals surface area contributed by atoms with Crippen molar-refractivity contribution in [3.8, 4) is 0 Å². The van der Waals surface area contributed by atoms with Gasteiger partial charge in [0, 0.05) is 6.20 Å². The van der Waals surface area contributed by atoms with E-state index in [9.17, 15) is 36.9 Å². The molecule has 0 aliphatic carbocycles. The number of rotatable bonds is 9. The van der Waals surface area contributed by atoms with E-state index in [0.29, 0.717) is 10.8 Å². The largest absolute Gasteiger partial charge is 0.490 e. The Hall–Kier alpha value is -0.360. The van der Waals surface area contributed by atoms with E-state index in [1.54, 1.807) is 0 Å². The Morgan fingerprint density at radius 1 is 1.19 bits per heavy atom. The molecule has 2 rings (SSSR count). The first-order valence-electron chi connectivity index (χ1n) is 7.78. The average Bonchev–Trinajstić information content (AvgIpc) is 2.85. The first kappa shape index (κ1) is 27.9. The summed E-state index contributed by atoms with van der Waals surface area (Å²) in [6, 6.07) is 0. The normalized spacial score (nSPS) is 30.1. The molecular formula is C10H14F3N2O12P3S2. The SMILES string of the molecule is O=P(O)(O)OP(=O)(O)OP(=O)(O)OC[C@H]1O[C@@H](n2cc(F)c(=S)[nH]c2=S)[C@@](O)(CF)C1F. The zero-order chi connectivity index (χ0) is 24.7. The van der Waals surface area contributed by atoms with Crippen molar-refractivity contribution in [2.75, 3.05) is 13.3 Å². The van der Waals surface area contributed by atoms with Gasteiger partial charge in [-0.2, -0.15) is 8.62 Å². The van der Waals surface area contributed by atoms with Crippen LogP contribution in [0.4, 0.5) is 13.2 Å². The molecular weight excluding hydrogens is 554 g/mol. The van der Waals surface area contributed by atoms with Crippen LogP contribution in [0, 0.1) is 15.2 Å². The first-order valence-corrected chi connectivity index (χ1v) is 13.1. The van der Waals surface area contributed by atoms with E-state index in [-0.39, 0.29) is 0 Å². The van der Waals surface area contributed by atoms with Crippen molar-refractivity contribution in [1.29, 1.82) is 0 Å². The lowest BCUT2D eigenvalue weighted by Gasteiger charge is -2.28. The van der Waals surface area contributed by atoms with Crippen molar-refractivity contribution < 1.29 is 69.4 Å². The molecule has 32 heavy (non-hydrogen) atoms. The van der Waals surface area contributed by atoms with Gasteiger partial charge in [0.05, 0.1) is 6.61 Å². The van der Waals surface area contributed by atoms with Crippen molar-refractivity contribution in [3.63, 3.8) is 0 Å². The molecule has 0 saturated carbocycles. The summed E-state index contributed by atoms with van der Waals surface area (Å²) in [5.74, 6) is -1.09. The number of phosphoric ester groups is 1. The maximum Gasteiger partial charge on any atom is 0.490 e. The molecule has 1 aromatic rings. The Bertz CT molecular complexity index is 1130. The molecule has 1 saturated heterocycles. The van der Waals surface area contributed by atoms with Gasteiger partial charge in [-0.1, -0.05) is 12.2 Å². The third-order valence-corrected chi connectivity index (χ3v) is 8.16. The highest BCUT2D eigenvalue weighted by molar-refractivity contribution is 7.72. The highest BCUT2D eigenvalue weighted by atomic mass is 32.1. The molecule has 1 aliphatic heterocycles. The lowest BCUT2D eigenvalue weighted by molar-refractivity contribution is -0.112. The van der Waals surface area contributed by atoms with Gasteiger partial charge in [0.2, 0.25) is 0 Å². The number of H-pyrrole nitrogens is 1. The zero-order valence-electron chi connectivity index (χ0n) is 15.1. The smallest absolute Gasteiger partial charge is 0.379 e. The number of hydrogen-bond donors (Lipinski definition) is 6. The van der Waals surface area contributed by atoms with Crippen LogP contribution in [-0.4, -0.2) is 65.4 Å². The van der Waals surface area contributed by atoms with Gasteiger partial charge in [0.1, 0.15) is 17.4 Å². The molecule has 0 amide bonds. The molecule has 0 aromatic carbocycles. The Kier molecular flexibility index (Phi) is 8.46. The number of aromatic amines is 1. The molecule has 1 aromatic heterocycles. The summed E-state index contributed by atoms with van der Waals surface area (Å²) in [5.41, 5.74) is -2.99. The van der Waals surface area contributed by atoms with Crippen molar-refractivity contribution in [3.05, 3.63) is 21.4 Å². The second-order valence-corrected chi connectivity index (χ2v) is 11.3. The number of halogens is 3. The molecule has 184 valence electrons. The summed E-state index contributed by atoms with van der Waals surface area (Å²) in [4.78, 5) is 37.6. The second-order valence-electron chi connectivity index (χ2n) is 6.08.